The van der Waals surface area contributed by atoms with Crippen molar-refractivity contribution in [3.63, 3.8) is 0 Å². The van der Waals surface area contributed by atoms with Gasteiger partial charge in [0.05, 0.1) is 10.6 Å². The van der Waals surface area contributed by atoms with E-state index in [2.05, 4.69) is 29.5 Å². The number of pyridine rings is 1. The van der Waals surface area contributed by atoms with Crippen molar-refractivity contribution in [2.45, 2.75) is 27.2 Å². The highest BCUT2D eigenvalue weighted by Crippen LogP contribution is 2.50. The summed E-state index contributed by atoms with van der Waals surface area (Å²) >= 11 is 6.07. The molecular formula is C14H20ClN3O. The largest absolute Gasteiger partial charge is 0.369 e. The minimum absolute atomic E-state index is 0.111. The predicted molar refractivity (Wildman–Crippen MR) is 77.6 cm³/mol. The van der Waals surface area contributed by atoms with E-state index in [1.165, 1.54) is 6.42 Å². The van der Waals surface area contributed by atoms with Gasteiger partial charge < -0.3 is 10.6 Å². The molecule has 0 spiro atoms. The standard InChI is InChI=1S/C14H20ClN3O/c1-4-16-12-11(15)5-9(7-17-12)13(19)18-8-10-6-14(10,2)3/h5,7,10H,4,6,8H2,1-3H3,(H,16,17)(H,18,19). The van der Waals surface area contributed by atoms with Crippen molar-refractivity contribution in [2.75, 3.05) is 18.4 Å². The number of carbonyl (C=O) groups is 1. The molecule has 0 bridgehead atoms. The van der Waals surface area contributed by atoms with Crippen LogP contribution >= 0.6 is 11.6 Å². The molecule has 1 heterocycles. The second kappa shape index (κ2) is 5.37. The lowest BCUT2D eigenvalue weighted by Gasteiger charge is -2.08. The van der Waals surface area contributed by atoms with E-state index in [1.807, 2.05) is 6.92 Å². The number of halogens is 1. The summed E-state index contributed by atoms with van der Waals surface area (Å²) in [4.78, 5) is 16.1. The lowest BCUT2D eigenvalue weighted by molar-refractivity contribution is 0.0950. The molecule has 1 fully saturated rings. The number of amides is 1. The van der Waals surface area contributed by atoms with Gasteiger partial charge in [-0.25, -0.2) is 4.98 Å². The Morgan fingerprint density at radius 1 is 1.58 bits per heavy atom. The summed E-state index contributed by atoms with van der Waals surface area (Å²) in [5.41, 5.74) is 0.878. The van der Waals surface area contributed by atoms with Crippen molar-refractivity contribution >= 4 is 23.3 Å². The fraction of sp³-hybridized carbons (Fsp3) is 0.571. The Balaban J connectivity index is 1.94. The first-order valence-corrected chi connectivity index (χ1v) is 6.99. The van der Waals surface area contributed by atoms with E-state index in [0.717, 1.165) is 13.1 Å². The maximum Gasteiger partial charge on any atom is 0.252 e. The summed E-state index contributed by atoms with van der Waals surface area (Å²) in [6, 6.07) is 1.65. The molecule has 2 N–H and O–H groups in total. The van der Waals surface area contributed by atoms with Crippen LogP contribution in [0.3, 0.4) is 0 Å². The summed E-state index contributed by atoms with van der Waals surface area (Å²) in [7, 11) is 0. The number of nitrogens with one attached hydrogen (secondary N) is 2. The highest BCUT2D eigenvalue weighted by Gasteiger charge is 2.45. The van der Waals surface area contributed by atoms with Gasteiger partial charge in [0, 0.05) is 19.3 Å². The first-order valence-electron chi connectivity index (χ1n) is 6.61. The average molecular weight is 282 g/mol. The van der Waals surface area contributed by atoms with Crippen LogP contribution in [0.4, 0.5) is 5.82 Å². The predicted octanol–water partition coefficient (Wildman–Crippen LogP) is 2.94. The molecule has 104 valence electrons. The fourth-order valence-electron chi connectivity index (χ4n) is 2.10. The van der Waals surface area contributed by atoms with E-state index < -0.39 is 0 Å². The van der Waals surface area contributed by atoms with Crippen LogP contribution < -0.4 is 10.6 Å². The lowest BCUT2D eigenvalue weighted by Crippen LogP contribution is -2.26. The molecule has 1 amide bonds. The van der Waals surface area contributed by atoms with Crippen LogP contribution in [0.1, 0.15) is 37.6 Å². The molecule has 2 rings (SSSR count). The van der Waals surface area contributed by atoms with Crippen LogP contribution in [-0.4, -0.2) is 24.0 Å². The maximum absolute atomic E-state index is 12.0. The normalized spacial score (nSPS) is 19.9. The molecule has 5 heteroatoms. The van der Waals surface area contributed by atoms with E-state index in [0.29, 0.717) is 27.7 Å². The molecule has 0 aliphatic heterocycles. The monoisotopic (exact) mass is 281 g/mol. The first kappa shape index (κ1) is 14.1. The zero-order valence-corrected chi connectivity index (χ0v) is 12.3. The number of carbonyl (C=O) groups excluding carboxylic acids is 1. The number of nitrogens with zero attached hydrogens (tertiary/aromatic N) is 1. The smallest absolute Gasteiger partial charge is 0.252 e. The summed E-state index contributed by atoms with van der Waals surface area (Å²) < 4.78 is 0. The van der Waals surface area contributed by atoms with Crippen molar-refractivity contribution in [2.24, 2.45) is 11.3 Å². The quantitative estimate of drug-likeness (QED) is 0.872. The Morgan fingerprint density at radius 3 is 2.79 bits per heavy atom. The Morgan fingerprint density at radius 2 is 2.26 bits per heavy atom. The van der Waals surface area contributed by atoms with E-state index in [-0.39, 0.29) is 5.91 Å². The molecule has 1 aliphatic rings. The van der Waals surface area contributed by atoms with Crippen molar-refractivity contribution in [3.05, 3.63) is 22.8 Å². The van der Waals surface area contributed by atoms with E-state index in [4.69, 9.17) is 11.6 Å². The van der Waals surface area contributed by atoms with Crippen molar-refractivity contribution in [3.8, 4) is 0 Å². The van der Waals surface area contributed by atoms with Crippen molar-refractivity contribution in [1.29, 1.82) is 0 Å². The number of aromatic nitrogens is 1. The minimum Gasteiger partial charge on any atom is -0.369 e. The van der Waals surface area contributed by atoms with E-state index in [9.17, 15) is 4.79 Å². The summed E-state index contributed by atoms with van der Waals surface area (Å²) in [5.74, 6) is 1.09. The zero-order valence-electron chi connectivity index (χ0n) is 11.6. The first-order chi connectivity index (χ1) is 8.94. The van der Waals surface area contributed by atoms with Crippen LogP contribution in [0.5, 0.6) is 0 Å². The molecule has 1 aliphatic carbocycles. The van der Waals surface area contributed by atoms with Crippen LogP contribution in [0.25, 0.3) is 0 Å². The molecule has 0 saturated heterocycles. The molecular weight excluding hydrogens is 262 g/mol. The third kappa shape index (κ3) is 3.38. The average Bonchev–Trinajstić information content (AvgIpc) is 2.97. The Hall–Kier alpha value is -1.29. The second-order valence-electron chi connectivity index (χ2n) is 5.68. The van der Waals surface area contributed by atoms with Gasteiger partial charge in [-0.1, -0.05) is 25.4 Å². The van der Waals surface area contributed by atoms with Crippen LogP contribution in [0.15, 0.2) is 12.3 Å². The number of hydrogen-bond acceptors (Lipinski definition) is 3. The van der Waals surface area contributed by atoms with Gasteiger partial charge >= 0.3 is 0 Å². The van der Waals surface area contributed by atoms with Gasteiger partial charge in [0.2, 0.25) is 0 Å². The van der Waals surface area contributed by atoms with Gasteiger partial charge in [0.1, 0.15) is 5.82 Å². The number of hydrogen-bond donors (Lipinski definition) is 2. The van der Waals surface area contributed by atoms with Gasteiger partial charge in [-0.2, -0.15) is 0 Å². The Bertz CT molecular complexity index is 488. The summed E-state index contributed by atoms with van der Waals surface area (Å²) in [6.45, 7) is 7.87. The van der Waals surface area contributed by atoms with Crippen LogP contribution in [-0.2, 0) is 0 Å². The highest BCUT2D eigenvalue weighted by molar-refractivity contribution is 6.33. The van der Waals surface area contributed by atoms with Gasteiger partial charge in [0.15, 0.2) is 0 Å². The molecule has 1 aromatic heterocycles. The van der Waals surface area contributed by atoms with Crippen LogP contribution in [0.2, 0.25) is 5.02 Å². The van der Waals surface area contributed by atoms with Gasteiger partial charge in [0.25, 0.3) is 5.91 Å². The fourth-order valence-corrected chi connectivity index (χ4v) is 2.34. The molecule has 19 heavy (non-hydrogen) atoms. The molecule has 1 saturated carbocycles. The third-order valence-electron chi connectivity index (χ3n) is 3.67. The molecule has 0 radical (unpaired) electrons. The van der Waals surface area contributed by atoms with Gasteiger partial charge in [-0.05, 0) is 30.7 Å². The number of rotatable bonds is 5. The number of anilines is 1. The topological polar surface area (TPSA) is 54.0 Å². The summed E-state index contributed by atoms with van der Waals surface area (Å²) in [6.07, 6.45) is 2.73. The Kier molecular flexibility index (Phi) is 3.99. The molecule has 0 aromatic carbocycles. The SMILES string of the molecule is CCNc1ncc(C(=O)NCC2CC2(C)C)cc1Cl. The highest BCUT2D eigenvalue weighted by atomic mass is 35.5. The Labute approximate surface area is 118 Å². The van der Waals surface area contributed by atoms with Gasteiger partial charge in [-0.3, -0.25) is 4.79 Å². The van der Waals surface area contributed by atoms with Crippen LogP contribution in [0, 0.1) is 11.3 Å². The van der Waals surface area contributed by atoms with Gasteiger partial charge in [-0.15, -0.1) is 0 Å². The second-order valence-corrected chi connectivity index (χ2v) is 6.09. The molecule has 1 aromatic rings. The molecule has 1 atom stereocenters. The maximum atomic E-state index is 12.0. The molecule has 4 nitrogen and oxygen atoms in total. The molecule has 1 unspecified atom stereocenters. The van der Waals surface area contributed by atoms with Crippen molar-refractivity contribution < 1.29 is 4.79 Å². The lowest BCUT2D eigenvalue weighted by atomic mass is 10.1. The minimum atomic E-state index is -0.111. The van der Waals surface area contributed by atoms with Crippen molar-refractivity contribution in [1.82, 2.24) is 10.3 Å². The summed E-state index contributed by atoms with van der Waals surface area (Å²) in [5, 5.41) is 6.45. The van der Waals surface area contributed by atoms with E-state index >= 15 is 0 Å². The third-order valence-corrected chi connectivity index (χ3v) is 3.96. The van der Waals surface area contributed by atoms with E-state index in [1.54, 1.807) is 12.3 Å². The zero-order chi connectivity index (χ0) is 14.0.